The maximum atomic E-state index is 13.3. The molecule has 0 unspecified atom stereocenters. The zero-order valence-corrected chi connectivity index (χ0v) is 14.1. The van der Waals surface area contributed by atoms with Gasteiger partial charge in [-0.1, -0.05) is 28.1 Å². The molecular formula is C16H11BrF3N3O2. The summed E-state index contributed by atoms with van der Waals surface area (Å²) in [6.45, 7) is -0.0615. The Bertz CT molecular complexity index is 936. The number of amides is 1. The van der Waals surface area contributed by atoms with E-state index in [9.17, 15) is 18.0 Å². The molecule has 0 atom stereocenters. The second kappa shape index (κ2) is 6.49. The van der Waals surface area contributed by atoms with Gasteiger partial charge in [0.1, 0.15) is 0 Å². The van der Waals surface area contributed by atoms with Gasteiger partial charge in [-0.3, -0.25) is 10.0 Å². The molecule has 1 heterocycles. The minimum Gasteiger partial charge on any atom is -0.316 e. The van der Waals surface area contributed by atoms with Gasteiger partial charge >= 0.3 is 6.18 Å². The highest BCUT2D eigenvalue weighted by Gasteiger charge is 2.37. The van der Waals surface area contributed by atoms with E-state index in [1.165, 1.54) is 35.8 Å². The second-order valence-corrected chi connectivity index (χ2v) is 6.21. The van der Waals surface area contributed by atoms with Gasteiger partial charge in [0.25, 0.3) is 5.91 Å². The maximum absolute atomic E-state index is 13.3. The number of hydrogen-bond acceptors (Lipinski definition) is 3. The Morgan fingerprint density at radius 3 is 2.48 bits per heavy atom. The lowest BCUT2D eigenvalue weighted by atomic mass is 10.1. The Balaban J connectivity index is 2.04. The van der Waals surface area contributed by atoms with Gasteiger partial charge in [-0.25, -0.2) is 10.5 Å². The number of aromatic nitrogens is 2. The number of nitrogens with zero attached hydrogens (tertiary/aromatic N) is 2. The number of imidazole rings is 1. The molecule has 2 aromatic carbocycles. The molecule has 9 heteroatoms. The molecule has 3 aromatic rings. The number of carbonyl (C=O) groups excluding carboxylic acids is 1. The summed E-state index contributed by atoms with van der Waals surface area (Å²) in [4.78, 5) is 15.0. The van der Waals surface area contributed by atoms with E-state index in [4.69, 9.17) is 5.21 Å². The Morgan fingerprint density at radius 2 is 1.88 bits per heavy atom. The van der Waals surface area contributed by atoms with Crippen molar-refractivity contribution < 1.29 is 23.2 Å². The molecule has 0 radical (unpaired) electrons. The molecule has 0 fully saturated rings. The predicted molar refractivity (Wildman–Crippen MR) is 87.2 cm³/mol. The molecule has 25 heavy (non-hydrogen) atoms. The first-order valence-electron chi connectivity index (χ1n) is 7.06. The van der Waals surface area contributed by atoms with E-state index in [0.29, 0.717) is 15.6 Å². The molecule has 0 aliphatic rings. The van der Waals surface area contributed by atoms with Crippen molar-refractivity contribution >= 4 is 32.9 Å². The van der Waals surface area contributed by atoms with E-state index >= 15 is 0 Å². The van der Waals surface area contributed by atoms with Crippen molar-refractivity contribution in [2.75, 3.05) is 0 Å². The standard InChI is InChI=1S/C16H11BrF3N3O2/c17-11-5-6-13-12(7-11)21-15(16(18,19)20)23(13)8-9-1-3-10(4-2-9)14(24)22-25/h1-7,25H,8H2,(H,22,24). The molecule has 0 bridgehead atoms. The van der Waals surface area contributed by atoms with Crippen LogP contribution in [0.3, 0.4) is 0 Å². The number of fused-ring (bicyclic) bond motifs is 1. The molecule has 0 spiro atoms. The van der Waals surface area contributed by atoms with Crippen LogP contribution in [0.15, 0.2) is 46.9 Å². The third-order valence-corrected chi connectivity index (χ3v) is 4.12. The Hall–Kier alpha value is -2.39. The number of rotatable bonds is 3. The van der Waals surface area contributed by atoms with Crippen LogP contribution in [0.1, 0.15) is 21.7 Å². The van der Waals surface area contributed by atoms with Crippen LogP contribution in [0, 0.1) is 0 Å². The average molecular weight is 414 g/mol. The monoisotopic (exact) mass is 413 g/mol. The lowest BCUT2D eigenvalue weighted by molar-refractivity contribution is -0.146. The summed E-state index contributed by atoms with van der Waals surface area (Å²) in [5, 5.41) is 8.59. The molecule has 130 valence electrons. The lowest BCUT2D eigenvalue weighted by Crippen LogP contribution is -2.18. The number of nitrogens with one attached hydrogen (secondary N) is 1. The van der Waals surface area contributed by atoms with Gasteiger partial charge in [0.05, 0.1) is 11.0 Å². The highest BCUT2D eigenvalue weighted by Crippen LogP contribution is 2.33. The molecule has 0 saturated carbocycles. The van der Waals surface area contributed by atoms with E-state index in [2.05, 4.69) is 20.9 Å². The molecular weight excluding hydrogens is 403 g/mol. The van der Waals surface area contributed by atoms with E-state index < -0.39 is 17.9 Å². The Labute approximate surface area is 148 Å². The van der Waals surface area contributed by atoms with Crippen molar-refractivity contribution in [3.8, 4) is 0 Å². The number of alkyl halides is 3. The van der Waals surface area contributed by atoms with Crippen LogP contribution in [0.5, 0.6) is 0 Å². The van der Waals surface area contributed by atoms with Crippen molar-refractivity contribution in [3.05, 3.63) is 63.9 Å². The maximum Gasteiger partial charge on any atom is 0.449 e. The van der Waals surface area contributed by atoms with Crippen LogP contribution in [0.25, 0.3) is 11.0 Å². The fourth-order valence-electron chi connectivity index (χ4n) is 2.49. The molecule has 0 aliphatic heterocycles. The summed E-state index contributed by atoms with van der Waals surface area (Å²) in [5.74, 6) is -1.68. The predicted octanol–water partition coefficient (Wildman–Crippen LogP) is 3.98. The highest BCUT2D eigenvalue weighted by molar-refractivity contribution is 9.10. The smallest absolute Gasteiger partial charge is 0.316 e. The summed E-state index contributed by atoms with van der Waals surface area (Å²) in [7, 11) is 0. The van der Waals surface area contributed by atoms with Crippen LogP contribution in [-0.2, 0) is 12.7 Å². The second-order valence-electron chi connectivity index (χ2n) is 5.29. The quantitative estimate of drug-likeness (QED) is 0.503. The first-order valence-corrected chi connectivity index (χ1v) is 7.85. The van der Waals surface area contributed by atoms with Gasteiger partial charge in [0.2, 0.25) is 5.82 Å². The third-order valence-electron chi connectivity index (χ3n) is 3.62. The van der Waals surface area contributed by atoms with Gasteiger partial charge in [-0.05, 0) is 35.9 Å². The molecule has 2 N–H and O–H groups in total. The summed E-state index contributed by atoms with van der Waals surface area (Å²) < 4.78 is 41.7. The van der Waals surface area contributed by atoms with Gasteiger partial charge in [-0.2, -0.15) is 13.2 Å². The first-order chi connectivity index (χ1) is 11.8. The number of hydrogen-bond donors (Lipinski definition) is 2. The lowest BCUT2D eigenvalue weighted by Gasteiger charge is -2.12. The molecule has 1 aromatic heterocycles. The van der Waals surface area contributed by atoms with Crippen molar-refractivity contribution in [3.63, 3.8) is 0 Å². The van der Waals surface area contributed by atoms with Crippen molar-refractivity contribution in [1.29, 1.82) is 0 Å². The van der Waals surface area contributed by atoms with E-state index in [1.807, 2.05) is 0 Å². The summed E-state index contributed by atoms with van der Waals surface area (Å²) in [5.41, 5.74) is 2.84. The van der Waals surface area contributed by atoms with Crippen molar-refractivity contribution in [2.24, 2.45) is 0 Å². The van der Waals surface area contributed by atoms with Crippen LogP contribution in [0.4, 0.5) is 13.2 Å². The SMILES string of the molecule is O=C(NO)c1ccc(Cn2c(C(F)(F)F)nc3cc(Br)ccc32)cc1. The fraction of sp³-hybridized carbons (Fsp3) is 0.125. The first kappa shape index (κ1) is 17.4. The molecule has 1 amide bonds. The average Bonchev–Trinajstić information content (AvgIpc) is 2.92. The van der Waals surface area contributed by atoms with Crippen LogP contribution in [-0.4, -0.2) is 20.7 Å². The van der Waals surface area contributed by atoms with Crippen LogP contribution >= 0.6 is 15.9 Å². The van der Waals surface area contributed by atoms with Gasteiger partial charge in [0, 0.05) is 16.6 Å². The van der Waals surface area contributed by atoms with Crippen LogP contribution < -0.4 is 5.48 Å². The van der Waals surface area contributed by atoms with Gasteiger partial charge in [0.15, 0.2) is 0 Å². The van der Waals surface area contributed by atoms with Gasteiger partial charge < -0.3 is 4.57 Å². The van der Waals surface area contributed by atoms with Crippen molar-refractivity contribution in [2.45, 2.75) is 12.7 Å². The molecule has 5 nitrogen and oxygen atoms in total. The summed E-state index contributed by atoms with van der Waals surface area (Å²) in [6, 6.07) is 10.6. The minimum absolute atomic E-state index is 0.0615. The van der Waals surface area contributed by atoms with E-state index in [-0.39, 0.29) is 17.6 Å². The Kier molecular flexibility index (Phi) is 4.53. The number of benzene rings is 2. The van der Waals surface area contributed by atoms with Crippen LogP contribution in [0.2, 0.25) is 0 Å². The summed E-state index contributed by atoms with van der Waals surface area (Å²) >= 11 is 3.22. The highest BCUT2D eigenvalue weighted by atomic mass is 79.9. The van der Waals surface area contributed by atoms with E-state index in [0.717, 1.165) is 4.57 Å². The number of carbonyl (C=O) groups is 1. The fourth-order valence-corrected chi connectivity index (χ4v) is 2.84. The largest absolute Gasteiger partial charge is 0.449 e. The topological polar surface area (TPSA) is 67.2 Å². The van der Waals surface area contributed by atoms with Gasteiger partial charge in [-0.15, -0.1) is 0 Å². The number of halogens is 4. The van der Waals surface area contributed by atoms with Crippen molar-refractivity contribution in [1.82, 2.24) is 15.0 Å². The summed E-state index contributed by atoms with van der Waals surface area (Å²) in [6.07, 6.45) is -4.60. The zero-order chi connectivity index (χ0) is 18.2. The molecule has 0 saturated heterocycles. The zero-order valence-electron chi connectivity index (χ0n) is 12.5. The molecule has 0 aliphatic carbocycles. The minimum atomic E-state index is -4.60. The van der Waals surface area contributed by atoms with E-state index in [1.54, 1.807) is 12.1 Å². The molecule has 3 rings (SSSR count). The Morgan fingerprint density at radius 1 is 1.20 bits per heavy atom. The number of hydroxylamine groups is 1. The normalized spacial score (nSPS) is 11.7. The third kappa shape index (κ3) is 3.52.